The summed E-state index contributed by atoms with van der Waals surface area (Å²) in [5.41, 5.74) is 24.5. The van der Waals surface area contributed by atoms with Crippen molar-refractivity contribution >= 4 is 65.0 Å². The Kier molecular flexibility index (Phi) is 27.3. The van der Waals surface area contributed by atoms with Gasteiger partial charge in [0.2, 0.25) is 59.1 Å². The van der Waals surface area contributed by atoms with Gasteiger partial charge in [-0.3, -0.25) is 47.9 Å². The second kappa shape index (κ2) is 34.6. The molecule has 0 aromatic heterocycles. The van der Waals surface area contributed by atoms with E-state index in [1.54, 1.807) is 60.7 Å². The number of nitrogens with two attached hydrogens (primary N) is 4. The third-order valence-electron chi connectivity index (χ3n) is 14.6. The molecule has 0 spiro atoms. The Hall–Kier alpha value is -9.47. The molecule has 0 saturated carbocycles. The number of amides is 10. The Bertz CT molecular complexity index is 3030. The number of benzene rings is 4. The number of primary amides is 2. The van der Waals surface area contributed by atoms with E-state index in [2.05, 4.69) is 37.2 Å². The van der Waals surface area contributed by atoms with Gasteiger partial charge < -0.3 is 85.5 Å². The number of aliphatic carboxylic acids is 1. The lowest BCUT2D eigenvalue weighted by Gasteiger charge is -2.31. The summed E-state index contributed by atoms with van der Waals surface area (Å²) in [6.07, 6.45) is -2.33. The normalized spacial score (nSPS) is 15.9. The number of aliphatic hydroxyl groups excluding tert-OH is 1. The largest absolute Gasteiger partial charge is 0.508 e. The second-order valence-electron chi connectivity index (χ2n) is 21.6. The van der Waals surface area contributed by atoms with Crippen molar-refractivity contribution in [3.8, 4) is 11.5 Å². The number of aromatic hydroxyl groups is 2. The SMILES string of the molecule is C[C@@H](O)[C@H](NC(=O)[C@H](Cc1ccccc1)NC(=O)[C@@H]1CCCN1C(=O)[C@H](Cc1ccccc1)NC(=O)[C@H](CCCCN)NC(=O)[C@H](Cc1ccc(O)cc1)NC(=O)[C@H](Cc1ccc(O)cc1)NC(=O)[C@H](CCC(N)=O)NC(=O)[C@@H](N)CCC(N)=O)C(=O)O. The maximum absolute atomic E-state index is 15.0. The standard InChI is InChI=1S/C61H80N12O15/c1-35(74)52(61(87)88)72-58(84)47(31-36-11-4-2-5-12-36)70-59(85)49-16-10-30-73(49)60(86)48(34-37-13-6-3-7-14-37)71-54(80)43(15-8-9-29-62)67-56(82)45(32-38-17-21-40(75)22-18-38)69-57(83)46(33-39-19-23-41(76)24-20-39)68-55(81)44(26-28-51(65)78)66-53(79)42(63)25-27-50(64)77/h2-7,11-14,17-24,35,42-49,52,74-76H,8-10,15-16,25-34,62-63H2,1H3,(H2,64,77)(H2,65,78)(H,66,79)(H,67,82)(H,68,81)(H,69,83)(H,70,85)(H,71,80)(H,72,84)(H,87,88)/t35-,42+,43+,44+,45+,46+,47+,48+,49+,52+/m1/s1. The molecule has 27 nitrogen and oxygen atoms in total. The molecule has 474 valence electrons. The van der Waals surface area contributed by atoms with Crippen LogP contribution in [0.3, 0.4) is 0 Å². The van der Waals surface area contributed by atoms with Crippen molar-refractivity contribution in [2.75, 3.05) is 13.1 Å². The predicted octanol–water partition coefficient (Wildman–Crippen LogP) is -1.79. The van der Waals surface area contributed by atoms with E-state index < -0.39 is 132 Å². The first kappa shape index (κ1) is 69.3. The van der Waals surface area contributed by atoms with Gasteiger partial charge >= 0.3 is 5.97 Å². The monoisotopic (exact) mass is 1220 g/mol. The van der Waals surface area contributed by atoms with Gasteiger partial charge in [-0.25, -0.2) is 4.79 Å². The molecule has 1 saturated heterocycles. The smallest absolute Gasteiger partial charge is 0.328 e. The lowest BCUT2D eigenvalue weighted by molar-refractivity contribution is -0.145. The van der Waals surface area contributed by atoms with Crippen molar-refractivity contribution in [2.45, 2.75) is 151 Å². The number of nitrogens with zero attached hydrogens (tertiary/aromatic N) is 1. The van der Waals surface area contributed by atoms with Crippen molar-refractivity contribution in [1.82, 2.24) is 42.1 Å². The molecule has 1 aliphatic rings. The molecular weight excluding hydrogens is 1140 g/mol. The molecule has 0 aliphatic carbocycles. The van der Waals surface area contributed by atoms with Crippen molar-refractivity contribution in [3.05, 3.63) is 131 Å². The maximum Gasteiger partial charge on any atom is 0.328 e. The highest BCUT2D eigenvalue weighted by Crippen LogP contribution is 2.22. The van der Waals surface area contributed by atoms with Crippen LogP contribution in [0.4, 0.5) is 0 Å². The summed E-state index contributed by atoms with van der Waals surface area (Å²) in [6.45, 7) is 1.44. The fourth-order valence-corrected chi connectivity index (χ4v) is 9.79. The van der Waals surface area contributed by atoms with Crippen LogP contribution in [0.5, 0.6) is 11.5 Å². The van der Waals surface area contributed by atoms with E-state index in [1.807, 2.05) is 0 Å². The Labute approximate surface area is 508 Å². The molecule has 1 heterocycles. The fraction of sp³-hybridized carbons (Fsp3) is 0.426. The highest BCUT2D eigenvalue weighted by molar-refractivity contribution is 5.99. The van der Waals surface area contributed by atoms with Crippen LogP contribution in [0.1, 0.15) is 87.0 Å². The molecule has 5 rings (SSSR count). The zero-order valence-corrected chi connectivity index (χ0v) is 48.8. The molecule has 10 atom stereocenters. The quantitative estimate of drug-likeness (QED) is 0.0226. The number of carboxylic acid groups (broad SMARTS) is 1. The van der Waals surface area contributed by atoms with E-state index in [1.165, 1.54) is 60.4 Å². The number of hydrogen-bond donors (Lipinski definition) is 15. The number of phenols is 2. The minimum Gasteiger partial charge on any atom is -0.508 e. The Morgan fingerprint density at radius 3 is 1.38 bits per heavy atom. The zero-order valence-electron chi connectivity index (χ0n) is 48.8. The second-order valence-corrected chi connectivity index (χ2v) is 21.6. The molecule has 1 fully saturated rings. The summed E-state index contributed by atoms with van der Waals surface area (Å²) in [5, 5.41) is 58.3. The Morgan fingerprint density at radius 2 is 0.909 bits per heavy atom. The molecule has 0 radical (unpaired) electrons. The number of nitrogens with one attached hydrogen (secondary N) is 7. The Morgan fingerprint density at radius 1 is 0.511 bits per heavy atom. The van der Waals surface area contributed by atoms with E-state index in [0.29, 0.717) is 35.1 Å². The van der Waals surface area contributed by atoms with Crippen molar-refractivity contribution < 1.29 is 73.2 Å². The van der Waals surface area contributed by atoms with Crippen LogP contribution in [0.2, 0.25) is 0 Å². The average molecular weight is 1220 g/mol. The number of unbranched alkanes of at least 4 members (excludes halogenated alkanes) is 1. The highest BCUT2D eigenvalue weighted by Gasteiger charge is 2.41. The summed E-state index contributed by atoms with van der Waals surface area (Å²) < 4.78 is 0. The number of likely N-dealkylation sites (tertiary alicyclic amines) is 1. The van der Waals surface area contributed by atoms with E-state index in [0.717, 1.165) is 0 Å². The van der Waals surface area contributed by atoms with E-state index in [9.17, 15) is 73.2 Å². The van der Waals surface area contributed by atoms with Gasteiger partial charge in [-0.15, -0.1) is 0 Å². The van der Waals surface area contributed by atoms with Gasteiger partial charge in [0.1, 0.15) is 53.8 Å². The number of aliphatic hydroxyl groups is 1. The summed E-state index contributed by atoms with van der Waals surface area (Å²) in [7, 11) is 0. The number of carboxylic acids is 1. The molecular formula is C61H80N12O15. The van der Waals surface area contributed by atoms with Crippen LogP contribution in [0.15, 0.2) is 109 Å². The number of carbonyl (C=O) groups is 11. The topological polar surface area (TPSA) is 460 Å². The van der Waals surface area contributed by atoms with Crippen LogP contribution in [0.25, 0.3) is 0 Å². The molecule has 0 bridgehead atoms. The third-order valence-corrected chi connectivity index (χ3v) is 14.6. The maximum atomic E-state index is 15.0. The van der Waals surface area contributed by atoms with Crippen LogP contribution >= 0.6 is 0 Å². The van der Waals surface area contributed by atoms with Gasteiger partial charge in [0.15, 0.2) is 6.04 Å². The lowest BCUT2D eigenvalue weighted by Crippen LogP contribution is -2.61. The first-order chi connectivity index (χ1) is 41.9. The minimum absolute atomic E-state index is 0.0392. The molecule has 10 amide bonds. The van der Waals surface area contributed by atoms with E-state index in [-0.39, 0.29) is 88.8 Å². The highest BCUT2D eigenvalue weighted by atomic mass is 16.4. The number of hydrogen-bond acceptors (Lipinski definition) is 16. The van der Waals surface area contributed by atoms with E-state index in [4.69, 9.17) is 22.9 Å². The molecule has 0 unspecified atom stereocenters. The first-order valence-corrected chi connectivity index (χ1v) is 28.9. The molecule has 19 N–H and O–H groups in total. The molecule has 1 aliphatic heterocycles. The molecule has 4 aromatic rings. The van der Waals surface area contributed by atoms with Gasteiger partial charge in [0.25, 0.3) is 0 Å². The number of phenolic OH excluding ortho intramolecular Hbond substituents is 2. The zero-order chi connectivity index (χ0) is 64.5. The fourth-order valence-electron chi connectivity index (χ4n) is 9.79. The van der Waals surface area contributed by atoms with Gasteiger partial charge in [-0.1, -0.05) is 84.9 Å². The predicted molar refractivity (Wildman–Crippen MR) is 319 cm³/mol. The summed E-state index contributed by atoms with van der Waals surface area (Å²) in [4.78, 5) is 151. The van der Waals surface area contributed by atoms with Gasteiger partial charge in [0, 0.05) is 45.1 Å². The molecule has 88 heavy (non-hydrogen) atoms. The van der Waals surface area contributed by atoms with Gasteiger partial charge in [0.05, 0.1) is 12.1 Å². The Balaban J connectivity index is 1.45. The van der Waals surface area contributed by atoms with Gasteiger partial charge in [-0.05, 0) is 105 Å². The molecule has 27 heteroatoms. The van der Waals surface area contributed by atoms with Gasteiger partial charge in [-0.2, -0.15) is 0 Å². The van der Waals surface area contributed by atoms with Crippen molar-refractivity contribution in [3.63, 3.8) is 0 Å². The third kappa shape index (κ3) is 22.4. The van der Waals surface area contributed by atoms with Crippen LogP contribution < -0.4 is 60.2 Å². The van der Waals surface area contributed by atoms with Crippen LogP contribution in [0, 0.1) is 0 Å². The van der Waals surface area contributed by atoms with Crippen molar-refractivity contribution in [1.29, 1.82) is 0 Å². The average Bonchev–Trinajstić information content (AvgIpc) is 3.76. The van der Waals surface area contributed by atoms with Crippen LogP contribution in [-0.2, 0) is 78.4 Å². The number of carbonyl (C=O) groups excluding carboxylic acids is 10. The first-order valence-electron chi connectivity index (χ1n) is 28.9. The van der Waals surface area contributed by atoms with E-state index >= 15 is 0 Å². The summed E-state index contributed by atoms with van der Waals surface area (Å²) >= 11 is 0. The van der Waals surface area contributed by atoms with Crippen LogP contribution in [-0.4, -0.2) is 164 Å². The number of rotatable bonds is 35. The minimum atomic E-state index is -1.71. The molecule has 4 aromatic carbocycles. The summed E-state index contributed by atoms with van der Waals surface area (Å²) in [6, 6.07) is 15.5. The van der Waals surface area contributed by atoms with Crippen molar-refractivity contribution in [2.24, 2.45) is 22.9 Å². The summed E-state index contributed by atoms with van der Waals surface area (Å²) in [5.74, 6) is -10.2. The lowest BCUT2D eigenvalue weighted by atomic mass is 10.00.